The molecule has 0 aromatic heterocycles. The van der Waals surface area contributed by atoms with Gasteiger partial charge in [-0.05, 0) is 63.4 Å². The predicted octanol–water partition coefficient (Wildman–Crippen LogP) is 8.66. The van der Waals surface area contributed by atoms with Gasteiger partial charge in [0.05, 0.1) is 12.3 Å². The first kappa shape index (κ1) is 26.4. The number of unbranched alkanes of at least 4 members (excludes halogenated alkanes) is 2. The van der Waals surface area contributed by atoms with Crippen LogP contribution in [0.1, 0.15) is 142 Å². The molecule has 3 nitrogen and oxygen atoms in total. The van der Waals surface area contributed by atoms with E-state index in [-0.39, 0.29) is 0 Å². The Morgan fingerprint density at radius 2 is 1.26 bits per heavy atom. The summed E-state index contributed by atoms with van der Waals surface area (Å²) in [4.78, 5) is 0. The molecule has 0 N–H and O–H groups in total. The summed E-state index contributed by atoms with van der Waals surface area (Å²) in [6, 6.07) is 0. The Bertz CT molecular complexity index is 488. The molecular formula is C28H53N3. The van der Waals surface area contributed by atoms with Crippen LogP contribution < -0.4 is 0 Å². The van der Waals surface area contributed by atoms with Gasteiger partial charge in [-0.25, -0.2) is 10.1 Å². The molecule has 0 amide bonds. The van der Waals surface area contributed by atoms with Crippen molar-refractivity contribution in [2.24, 2.45) is 5.10 Å². The van der Waals surface area contributed by atoms with Crippen LogP contribution in [-0.4, -0.2) is 35.5 Å². The van der Waals surface area contributed by atoms with Crippen LogP contribution in [-0.2, 0) is 0 Å². The van der Waals surface area contributed by atoms with Crippen LogP contribution in [0, 0.1) is 0 Å². The largest absolute Gasteiger partial charge is 0.227 e. The summed E-state index contributed by atoms with van der Waals surface area (Å²) < 4.78 is 0. The van der Waals surface area contributed by atoms with E-state index >= 15 is 0 Å². The van der Waals surface area contributed by atoms with Crippen molar-refractivity contribution in [3.63, 3.8) is 0 Å². The molecular weight excluding hydrogens is 378 g/mol. The maximum Gasteiger partial charge on any atom is 0.0649 e. The summed E-state index contributed by atoms with van der Waals surface area (Å²) in [5, 5.41) is 10.5. The molecule has 0 spiro atoms. The third kappa shape index (κ3) is 11.6. The fourth-order valence-corrected chi connectivity index (χ4v) is 4.93. The molecule has 31 heavy (non-hydrogen) atoms. The van der Waals surface area contributed by atoms with Gasteiger partial charge >= 0.3 is 0 Å². The number of allylic oxidation sites excluding steroid dienone is 2. The van der Waals surface area contributed by atoms with E-state index in [1.165, 1.54) is 134 Å². The highest BCUT2D eigenvalue weighted by molar-refractivity contribution is 5.99. The molecule has 1 aliphatic carbocycles. The van der Waals surface area contributed by atoms with Crippen LogP contribution in [0.15, 0.2) is 16.8 Å². The van der Waals surface area contributed by atoms with Crippen molar-refractivity contribution in [2.75, 3.05) is 19.6 Å². The van der Waals surface area contributed by atoms with Crippen LogP contribution in [0.2, 0.25) is 0 Å². The molecule has 0 fully saturated rings. The quantitative estimate of drug-likeness (QED) is 0.383. The van der Waals surface area contributed by atoms with Crippen molar-refractivity contribution in [2.45, 2.75) is 142 Å². The Hall–Kier alpha value is -0.830. The lowest BCUT2D eigenvalue weighted by molar-refractivity contribution is -0.0272. The lowest BCUT2D eigenvalue weighted by atomic mass is 9.97. The van der Waals surface area contributed by atoms with Gasteiger partial charge in [-0.15, -0.1) is 0 Å². The van der Waals surface area contributed by atoms with E-state index in [1.807, 2.05) is 0 Å². The van der Waals surface area contributed by atoms with Crippen LogP contribution in [0.5, 0.6) is 0 Å². The summed E-state index contributed by atoms with van der Waals surface area (Å²) in [5.74, 6) is 0. The summed E-state index contributed by atoms with van der Waals surface area (Å²) in [7, 11) is 0. The van der Waals surface area contributed by atoms with Crippen molar-refractivity contribution in [1.82, 2.24) is 10.1 Å². The van der Waals surface area contributed by atoms with Crippen LogP contribution in [0.3, 0.4) is 0 Å². The SMILES string of the molecule is CCCCN(CCCC)N1CCCCCCCCC(/C2=C/CCCCCCCCC2)=N/1. The predicted molar refractivity (Wildman–Crippen MR) is 137 cm³/mol. The van der Waals surface area contributed by atoms with E-state index in [2.05, 4.69) is 30.1 Å². The van der Waals surface area contributed by atoms with E-state index in [0.717, 1.165) is 19.6 Å². The summed E-state index contributed by atoms with van der Waals surface area (Å²) in [6.07, 6.45) is 29.3. The third-order valence-electron chi connectivity index (χ3n) is 7.04. The molecule has 0 bridgehead atoms. The first-order valence-corrected chi connectivity index (χ1v) is 14.1. The molecule has 0 radical (unpaired) electrons. The zero-order chi connectivity index (χ0) is 22.0. The van der Waals surface area contributed by atoms with Gasteiger partial charge in [0, 0.05) is 13.1 Å². The number of hydrogen-bond donors (Lipinski definition) is 0. The normalized spacial score (nSPS) is 24.4. The lowest BCUT2D eigenvalue weighted by Crippen LogP contribution is -2.42. The highest BCUT2D eigenvalue weighted by atomic mass is 15.8. The maximum absolute atomic E-state index is 5.47. The molecule has 3 heteroatoms. The molecule has 0 aromatic rings. The van der Waals surface area contributed by atoms with Crippen molar-refractivity contribution < 1.29 is 0 Å². The molecule has 180 valence electrons. The van der Waals surface area contributed by atoms with Gasteiger partial charge < -0.3 is 0 Å². The fraction of sp³-hybridized carbons (Fsp3) is 0.893. The van der Waals surface area contributed by atoms with Gasteiger partial charge in [0.25, 0.3) is 0 Å². The lowest BCUT2D eigenvalue weighted by Gasteiger charge is -2.34. The zero-order valence-electron chi connectivity index (χ0n) is 21.2. The molecule has 0 aromatic carbocycles. The third-order valence-corrected chi connectivity index (χ3v) is 7.04. The maximum atomic E-state index is 5.47. The fourth-order valence-electron chi connectivity index (χ4n) is 4.93. The highest BCUT2D eigenvalue weighted by Gasteiger charge is 2.17. The number of rotatable bonds is 8. The molecule has 1 aliphatic heterocycles. The first-order chi connectivity index (χ1) is 15.3. The highest BCUT2D eigenvalue weighted by Crippen LogP contribution is 2.22. The van der Waals surface area contributed by atoms with Crippen LogP contribution in [0.4, 0.5) is 0 Å². The van der Waals surface area contributed by atoms with Gasteiger partial charge in [0.15, 0.2) is 0 Å². The monoisotopic (exact) mass is 431 g/mol. The number of hydrazone groups is 1. The molecule has 0 unspecified atom stereocenters. The number of hydrazine groups is 1. The van der Waals surface area contributed by atoms with E-state index in [1.54, 1.807) is 5.57 Å². The van der Waals surface area contributed by atoms with E-state index in [9.17, 15) is 0 Å². The standard InChI is InChI=1S/C28H53N3/c1-3-5-24-30(25-6-4-2)31-26-20-16-12-11-15-19-23-28(29-31)27-21-17-13-9-7-8-10-14-18-22-27/h21H,3-20,22-26H2,1-2H3/b27-21+,29-28-. The number of nitrogens with zero attached hydrogens (tertiary/aromatic N) is 3. The minimum absolute atomic E-state index is 1.10. The smallest absolute Gasteiger partial charge is 0.0649 e. The average molecular weight is 432 g/mol. The van der Waals surface area contributed by atoms with Crippen molar-refractivity contribution in [1.29, 1.82) is 0 Å². The van der Waals surface area contributed by atoms with Crippen LogP contribution in [0.25, 0.3) is 0 Å². The minimum Gasteiger partial charge on any atom is -0.227 e. The Morgan fingerprint density at radius 3 is 1.90 bits per heavy atom. The second-order valence-corrected chi connectivity index (χ2v) is 9.92. The van der Waals surface area contributed by atoms with Crippen molar-refractivity contribution in [3.8, 4) is 0 Å². The second-order valence-electron chi connectivity index (χ2n) is 9.92. The Labute approximate surface area is 194 Å². The second kappa shape index (κ2) is 17.7. The van der Waals surface area contributed by atoms with Crippen molar-refractivity contribution >= 4 is 5.71 Å². The molecule has 0 atom stereocenters. The average Bonchev–Trinajstić information content (AvgIpc) is 2.88. The molecule has 0 saturated carbocycles. The molecule has 2 rings (SSSR count). The Balaban J connectivity index is 2.24. The summed E-state index contributed by atoms with van der Waals surface area (Å²) >= 11 is 0. The van der Waals surface area contributed by atoms with E-state index in [0.29, 0.717) is 0 Å². The number of hydrogen-bond acceptors (Lipinski definition) is 3. The van der Waals surface area contributed by atoms with E-state index in [4.69, 9.17) is 5.10 Å². The topological polar surface area (TPSA) is 18.8 Å². The van der Waals surface area contributed by atoms with Crippen molar-refractivity contribution in [3.05, 3.63) is 11.6 Å². The summed E-state index contributed by atoms with van der Waals surface area (Å²) in [5.41, 5.74) is 3.02. The van der Waals surface area contributed by atoms with Gasteiger partial charge in [-0.1, -0.05) is 90.6 Å². The summed E-state index contributed by atoms with van der Waals surface area (Å²) in [6.45, 7) is 8.04. The first-order valence-electron chi connectivity index (χ1n) is 14.1. The Kier molecular flexibility index (Phi) is 15.1. The Morgan fingerprint density at radius 1 is 0.710 bits per heavy atom. The van der Waals surface area contributed by atoms with E-state index < -0.39 is 0 Å². The molecule has 2 aliphatic rings. The van der Waals surface area contributed by atoms with Gasteiger partial charge in [-0.2, -0.15) is 5.10 Å². The van der Waals surface area contributed by atoms with Gasteiger partial charge in [-0.3, -0.25) is 0 Å². The molecule has 1 heterocycles. The van der Waals surface area contributed by atoms with Gasteiger partial charge in [0.2, 0.25) is 0 Å². The van der Waals surface area contributed by atoms with Gasteiger partial charge in [0.1, 0.15) is 0 Å². The minimum atomic E-state index is 1.10. The molecule has 0 saturated heterocycles. The zero-order valence-corrected chi connectivity index (χ0v) is 21.2. The van der Waals surface area contributed by atoms with Crippen LogP contribution >= 0.6 is 0 Å².